The molecule has 3 rings (SSSR count). The summed E-state index contributed by atoms with van der Waals surface area (Å²) in [5.41, 5.74) is 4.82. The molecule has 1 fully saturated rings. The first-order chi connectivity index (χ1) is 11.2. The van der Waals surface area contributed by atoms with E-state index in [1.54, 1.807) is 6.20 Å². The standard InChI is InChI=1S/C19H22N2O2/c1-14-6-15(8-16-9-17(13-22)12-20-11-16)10-18(7-14)19(23)21-4-2-3-5-21/h6-7,9-12,22H,2-5,8,13H2,1H3. The van der Waals surface area contributed by atoms with Gasteiger partial charge in [-0.05, 0) is 55.0 Å². The summed E-state index contributed by atoms with van der Waals surface area (Å²) in [7, 11) is 0. The fraction of sp³-hybridized carbons (Fsp3) is 0.368. The van der Waals surface area contributed by atoms with Crippen LogP contribution in [0.1, 0.15) is 45.5 Å². The van der Waals surface area contributed by atoms with Crippen molar-refractivity contribution < 1.29 is 9.90 Å². The Hall–Kier alpha value is -2.20. The molecular weight excluding hydrogens is 288 g/mol. The van der Waals surface area contributed by atoms with Crippen LogP contribution < -0.4 is 0 Å². The molecule has 4 nitrogen and oxygen atoms in total. The third-order valence-electron chi connectivity index (χ3n) is 4.22. The maximum Gasteiger partial charge on any atom is 0.253 e. The maximum atomic E-state index is 12.6. The second-order valence-electron chi connectivity index (χ2n) is 6.24. The van der Waals surface area contributed by atoms with Gasteiger partial charge < -0.3 is 10.0 Å². The second-order valence-corrected chi connectivity index (χ2v) is 6.24. The van der Waals surface area contributed by atoms with Gasteiger partial charge in [0.25, 0.3) is 5.91 Å². The fourth-order valence-corrected chi connectivity index (χ4v) is 3.15. The van der Waals surface area contributed by atoms with Crippen LogP contribution in [-0.2, 0) is 13.0 Å². The summed E-state index contributed by atoms with van der Waals surface area (Å²) in [5.74, 6) is 0.134. The molecule has 1 aromatic heterocycles. The number of benzene rings is 1. The Bertz CT molecular complexity index is 706. The zero-order valence-corrected chi connectivity index (χ0v) is 13.5. The van der Waals surface area contributed by atoms with Crippen LogP contribution in [-0.4, -0.2) is 34.0 Å². The van der Waals surface area contributed by atoms with Crippen LogP contribution in [0.5, 0.6) is 0 Å². The van der Waals surface area contributed by atoms with Gasteiger partial charge in [-0.25, -0.2) is 0 Å². The van der Waals surface area contributed by atoms with Crippen LogP contribution in [0.3, 0.4) is 0 Å². The molecular formula is C19H22N2O2. The average molecular weight is 310 g/mol. The van der Waals surface area contributed by atoms with Gasteiger partial charge in [-0.1, -0.05) is 17.7 Å². The van der Waals surface area contributed by atoms with Crippen molar-refractivity contribution in [2.24, 2.45) is 0 Å². The molecule has 0 atom stereocenters. The number of nitrogens with zero attached hydrogens (tertiary/aromatic N) is 2. The number of amides is 1. The Morgan fingerprint density at radius 2 is 1.83 bits per heavy atom. The van der Waals surface area contributed by atoms with E-state index in [0.29, 0.717) is 6.42 Å². The van der Waals surface area contributed by atoms with E-state index < -0.39 is 0 Å². The summed E-state index contributed by atoms with van der Waals surface area (Å²) in [6.45, 7) is 3.75. The van der Waals surface area contributed by atoms with Gasteiger partial charge in [0.1, 0.15) is 0 Å². The van der Waals surface area contributed by atoms with Crippen molar-refractivity contribution >= 4 is 5.91 Å². The lowest BCUT2D eigenvalue weighted by Gasteiger charge is -2.16. The first-order valence-corrected chi connectivity index (χ1v) is 8.09. The lowest BCUT2D eigenvalue weighted by Crippen LogP contribution is -2.27. The van der Waals surface area contributed by atoms with Crippen molar-refractivity contribution in [2.45, 2.75) is 32.8 Å². The largest absolute Gasteiger partial charge is 0.392 e. The molecule has 0 aliphatic carbocycles. The van der Waals surface area contributed by atoms with Gasteiger partial charge in [-0.2, -0.15) is 0 Å². The zero-order chi connectivity index (χ0) is 16.2. The van der Waals surface area contributed by atoms with E-state index in [1.165, 1.54) is 0 Å². The Kier molecular flexibility index (Phi) is 4.72. The molecule has 2 heterocycles. The molecule has 1 aliphatic rings. The molecule has 0 unspecified atom stereocenters. The number of carbonyl (C=O) groups excluding carboxylic acids is 1. The molecule has 120 valence electrons. The van der Waals surface area contributed by atoms with Crippen molar-refractivity contribution in [1.82, 2.24) is 9.88 Å². The number of hydrogen-bond donors (Lipinski definition) is 1. The van der Waals surface area contributed by atoms with Gasteiger partial charge in [0.05, 0.1) is 6.61 Å². The van der Waals surface area contributed by atoms with Gasteiger partial charge in [-0.3, -0.25) is 9.78 Å². The smallest absolute Gasteiger partial charge is 0.253 e. The summed E-state index contributed by atoms with van der Waals surface area (Å²) in [6, 6.07) is 8.01. The topological polar surface area (TPSA) is 53.4 Å². The van der Waals surface area contributed by atoms with Gasteiger partial charge in [0, 0.05) is 31.0 Å². The minimum Gasteiger partial charge on any atom is -0.392 e. The molecule has 4 heteroatoms. The number of hydrogen-bond acceptors (Lipinski definition) is 3. The van der Waals surface area contributed by atoms with Crippen molar-refractivity contribution in [1.29, 1.82) is 0 Å². The van der Waals surface area contributed by atoms with Crippen LogP contribution >= 0.6 is 0 Å². The quantitative estimate of drug-likeness (QED) is 0.944. The first kappa shape index (κ1) is 15.7. The molecule has 1 N–H and O–H groups in total. The number of aliphatic hydroxyl groups excluding tert-OH is 1. The maximum absolute atomic E-state index is 12.6. The zero-order valence-electron chi connectivity index (χ0n) is 13.5. The first-order valence-electron chi connectivity index (χ1n) is 8.09. The number of pyridine rings is 1. The van der Waals surface area contributed by atoms with E-state index in [9.17, 15) is 9.90 Å². The second kappa shape index (κ2) is 6.92. The molecule has 1 amide bonds. The van der Waals surface area contributed by atoms with Crippen molar-refractivity contribution in [3.8, 4) is 0 Å². The molecule has 2 aromatic rings. The highest BCUT2D eigenvalue weighted by Crippen LogP contribution is 2.18. The summed E-state index contributed by atoms with van der Waals surface area (Å²) < 4.78 is 0. The Labute approximate surface area is 136 Å². The fourth-order valence-electron chi connectivity index (χ4n) is 3.15. The van der Waals surface area contributed by atoms with Crippen molar-refractivity contribution in [3.05, 3.63) is 64.5 Å². The Morgan fingerprint density at radius 1 is 1.09 bits per heavy atom. The monoisotopic (exact) mass is 310 g/mol. The lowest BCUT2D eigenvalue weighted by atomic mass is 10.00. The summed E-state index contributed by atoms with van der Waals surface area (Å²) in [4.78, 5) is 18.7. The molecule has 0 spiro atoms. The summed E-state index contributed by atoms with van der Waals surface area (Å²) in [6.07, 6.45) is 6.39. The highest BCUT2D eigenvalue weighted by Gasteiger charge is 2.19. The van der Waals surface area contributed by atoms with E-state index >= 15 is 0 Å². The van der Waals surface area contributed by atoms with E-state index in [-0.39, 0.29) is 12.5 Å². The van der Waals surface area contributed by atoms with Crippen LogP contribution in [0.15, 0.2) is 36.7 Å². The predicted molar refractivity (Wildman–Crippen MR) is 89.3 cm³/mol. The van der Waals surface area contributed by atoms with Gasteiger partial charge in [-0.15, -0.1) is 0 Å². The van der Waals surface area contributed by atoms with E-state index in [0.717, 1.165) is 53.7 Å². The minimum atomic E-state index is -0.00659. The molecule has 1 aromatic carbocycles. The van der Waals surface area contributed by atoms with Gasteiger partial charge in [0.2, 0.25) is 0 Å². The Morgan fingerprint density at radius 3 is 2.57 bits per heavy atom. The van der Waals surface area contributed by atoms with Crippen LogP contribution in [0, 0.1) is 6.92 Å². The van der Waals surface area contributed by atoms with Crippen LogP contribution in [0.2, 0.25) is 0 Å². The van der Waals surface area contributed by atoms with Crippen molar-refractivity contribution in [2.75, 3.05) is 13.1 Å². The number of carbonyl (C=O) groups is 1. The van der Waals surface area contributed by atoms with Crippen LogP contribution in [0.25, 0.3) is 0 Å². The molecule has 1 saturated heterocycles. The number of aryl methyl sites for hydroxylation is 1. The SMILES string of the molecule is Cc1cc(Cc2cncc(CO)c2)cc(C(=O)N2CCCC2)c1. The summed E-state index contributed by atoms with van der Waals surface area (Å²) >= 11 is 0. The van der Waals surface area contributed by atoms with E-state index in [4.69, 9.17) is 0 Å². The molecule has 0 bridgehead atoms. The number of aliphatic hydroxyl groups is 1. The number of rotatable bonds is 4. The Balaban J connectivity index is 1.83. The molecule has 0 radical (unpaired) electrons. The molecule has 23 heavy (non-hydrogen) atoms. The van der Waals surface area contributed by atoms with Crippen molar-refractivity contribution in [3.63, 3.8) is 0 Å². The van der Waals surface area contributed by atoms with E-state index in [2.05, 4.69) is 11.1 Å². The third kappa shape index (κ3) is 3.77. The highest BCUT2D eigenvalue weighted by atomic mass is 16.3. The summed E-state index contributed by atoms with van der Waals surface area (Å²) in [5, 5.41) is 9.22. The third-order valence-corrected chi connectivity index (χ3v) is 4.22. The van der Waals surface area contributed by atoms with Crippen LogP contribution in [0.4, 0.5) is 0 Å². The molecule has 0 saturated carbocycles. The minimum absolute atomic E-state index is 0.00659. The number of likely N-dealkylation sites (tertiary alicyclic amines) is 1. The normalized spacial score (nSPS) is 14.3. The number of aromatic nitrogens is 1. The predicted octanol–water partition coefficient (Wildman–Crippen LogP) is 2.71. The van der Waals surface area contributed by atoms with E-state index in [1.807, 2.05) is 36.2 Å². The van der Waals surface area contributed by atoms with Gasteiger partial charge >= 0.3 is 0 Å². The highest BCUT2D eigenvalue weighted by molar-refractivity contribution is 5.94. The average Bonchev–Trinajstić information content (AvgIpc) is 3.08. The van der Waals surface area contributed by atoms with Gasteiger partial charge in [0.15, 0.2) is 0 Å². The molecule has 1 aliphatic heterocycles. The lowest BCUT2D eigenvalue weighted by molar-refractivity contribution is 0.0792.